The Morgan fingerprint density at radius 1 is 0.413 bits per heavy atom. The number of furan rings is 1. The SMILES string of the molecule is c1ccc(-c2cc3ccc4c(oc5cccc(-c6c7ccccc7c(-c7cccc8ccccc78)c7ccccc67)c54)c3s2)cc1. The number of thiophene rings is 1. The molecule has 0 N–H and O–H groups in total. The van der Waals surface area contributed by atoms with Crippen LogP contribution in [-0.4, -0.2) is 0 Å². The average Bonchev–Trinajstić information content (AvgIpc) is 3.73. The fraction of sp³-hybridized carbons (Fsp3) is 0. The highest BCUT2D eigenvalue weighted by Gasteiger charge is 2.22. The van der Waals surface area contributed by atoms with Crippen molar-refractivity contribution in [1.82, 2.24) is 0 Å². The van der Waals surface area contributed by atoms with Crippen molar-refractivity contribution in [3.63, 3.8) is 0 Å². The molecule has 0 aliphatic heterocycles. The smallest absolute Gasteiger partial charge is 0.153 e. The van der Waals surface area contributed by atoms with Crippen LogP contribution in [0.4, 0.5) is 0 Å². The maximum absolute atomic E-state index is 6.75. The van der Waals surface area contributed by atoms with Crippen LogP contribution < -0.4 is 0 Å². The van der Waals surface area contributed by atoms with Crippen LogP contribution in [0.1, 0.15) is 0 Å². The Labute approximate surface area is 269 Å². The number of benzene rings is 8. The van der Waals surface area contributed by atoms with Crippen LogP contribution in [0.15, 0.2) is 162 Å². The van der Waals surface area contributed by atoms with E-state index in [9.17, 15) is 0 Å². The molecule has 0 amide bonds. The zero-order chi connectivity index (χ0) is 30.2. The fourth-order valence-corrected chi connectivity index (χ4v) is 8.63. The van der Waals surface area contributed by atoms with Gasteiger partial charge in [0.15, 0.2) is 5.58 Å². The first kappa shape index (κ1) is 25.6. The molecule has 0 unspecified atom stereocenters. The molecule has 214 valence electrons. The zero-order valence-corrected chi connectivity index (χ0v) is 25.6. The Kier molecular flexibility index (Phi) is 5.51. The molecule has 8 aromatic carbocycles. The van der Waals surface area contributed by atoms with E-state index in [1.807, 2.05) is 11.3 Å². The number of hydrogen-bond acceptors (Lipinski definition) is 2. The average molecular weight is 603 g/mol. The molecule has 46 heavy (non-hydrogen) atoms. The lowest BCUT2D eigenvalue weighted by Crippen LogP contribution is -1.92. The van der Waals surface area contributed by atoms with Gasteiger partial charge in [-0.05, 0) is 83.7 Å². The van der Waals surface area contributed by atoms with Crippen LogP contribution in [0.3, 0.4) is 0 Å². The Bertz CT molecular complexity index is 2740. The second-order valence-corrected chi connectivity index (χ2v) is 13.0. The van der Waals surface area contributed by atoms with E-state index in [-0.39, 0.29) is 0 Å². The van der Waals surface area contributed by atoms with Gasteiger partial charge in [-0.2, -0.15) is 0 Å². The minimum absolute atomic E-state index is 0.918. The van der Waals surface area contributed by atoms with E-state index in [4.69, 9.17) is 4.42 Å². The van der Waals surface area contributed by atoms with Gasteiger partial charge < -0.3 is 4.42 Å². The van der Waals surface area contributed by atoms with Crippen molar-refractivity contribution in [2.75, 3.05) is 0 Å². The monoisotopic (exact) mass is 602 g/mol. The summed E-state index contributed by atoms with van der Waals surface area (Å²) in [5, 5.41) is 11.1. The van der Waals surface area contributed by atoms with E-state index >= 15 is 0 Å². The van der Waals surface area contributed by atoms with Crippen molar-refractivity contribution < 1.29 is 4.42 Å². The normalized spacial score (nSPS) is 11.9. The molecule has 0 aliphatic rings. The summed E-state index contributed by atoms with van der Waals surface area (Å²) in [7, 11) is 0. The third kappa shape index (κ3) is 3.68. The van der Waals surface area contributed by atoms with E-state index in [2.05, 4.69) is 158 Å². The highest BCUT2D eigenvalue weighted by Crippen LogP contribution is 2.49. The van der Waals surface area contributed by atoms with E-state index < -0.39 is 0 Å². The molecule has 0 aliphatic carbocycles. The summed E-state index contributed by atoms with van der Waals surface area (Å²) in [5.41, 5.74) is 8.11. The summed E-state index contributed by atoms with van der Waals surface area (Å²) in [5.74, 6) is 0. The van der Waals surface area contributed by atoms with Gasteiger partial charge in [-0.25, -0.2) is 0 Å². The highest BCUT2D eigenvalue weighted by atomic mass is 32.1. The van der Waals surface area contributed by atoms with E-state index in [0.29, 0.717) is 0 Å². The lowest BCUT2D eigenvalue weighted by molar-refractivity contribution is 0.673. The summed E-state index contributed by atoms with van der Waals surface area (Å²) in [6, 6.07) is 57.1. The number of fused-ring (bicyclic) bond motifs is 8. The van der Waals surface area contributed by atoms with Gasteiger partial charge in [-0.1, -0.05) is 140 Å². The molecule has 0 radical (unpaired) electrons. The Hall–Kier alpha value is -5.70. The second kappa shape index (κ2) is 9.90. The predicted octanol–water partition coefficient (Wildman–Crippen LogP) is 13.3. The molecular weight excluding hydrogens is 577 g/mol. The predicted molar refractivity (Wildman–Crippen MR) is 198 cm³/mol. The minimum Gasteiger partial charge on any atom is -0.455 e. The third-order valence-electron chi connectivity index (χ3n) is 9.47. The summed E-state index contributed by atoms with van der Waals surface area (Å²) < 4.78 is 7.95. The quantitative estimate of drug-likeness (QED) is 0.183. The largest absolute Gasteiger partial charge is 0.455 e. The van der Waals surface area contributed by atoms with Crippen LogP contribution in [-0.2, 0) is 0 Å². The summed E-state index contributed by atoms with van der Waals surface area (Å²) in [6.07, 6.45) is 0. The molecule has 0 fully saturated rings. The van der Waals surface area contributed by atoms with Crippen molar-refractivity contribution in [3.05, 3.63) is 158 Å². The van der Waals surface area contributed by atoms with Crippen molar-refractivity contribution in [2.24, 2.45) is 0 Å². The zero-order valence-electron chi connectivity index (χ0n) is 24.8. The maximum Gasteiger partial charge on any atom is 0.153 e. The van der Waals surface area contributed by atoms with Crippen molar-refractivity contribution in [2.45, 2.75) is 0 Å². The molecule has 0 spiro atoms. The summed E-state index contributed by atoms with van der Waals surface area (Å²) in [4.78, 5) is 1.25. The van der Waals surface area contributed by atoms with Crippen LogP contribution in [0.5, 0.6) is 0 Å². The molecule has 10 rings (SSSR count). The Morgan fingerprint density at radius 3 is 1.74 bits per heavy atom. The number of hydrogen-bond donors (Lipinski definition) is 0. The molecule has 0 bridgehead atoms. The van der Waals surface area contributed by atoms with Crippen LogP contribution >= 0.6 is 11.3 Å². The van der Waals surface area contributed by atoms with E-state index in [0.717, 1.165) is 16.6 Å². The molecule has 2 heteroatoms. The molecule has 10 aromatic rings. The highest BCUT2D eigenvalue weighted by molar-refractivity contribution is 7.23. The molecule has 2 aromatic heterocycles. The van der Waals surface area contributed by atoms with Crippen LogP contribution in [0, 0.1) is 0 Å². The molecule has 0 atom stereocenters. The van der Waals surface area contributed by atoms with Crippen molar-refractivity contribution in [1.29, 1.82) is 0 Å². The Morgan fingerprint density at radius 2 is 1.00 bits per heavy atom. The van der Waals surface area contributed by atoms with Gasteiger partial charge in [-0.15, -0.1) is 11.3 Å². The molecular formula is C44H26OS. The van der Waals surface area contributed by atoms with Crippen molar-refractivity contribution in [3.8, 4) is 32.7 Å². The summed E-state index contributed by atoms with van der Waals surface area (Å²) in [6.45, 7) is 0. The van der Waals surface area contributed by atoms with E-state index in [1.54, 1.807) is 0 Å². The topological polar surface area (TPSA) is 13.1 Å². The van der Waals surface area contributed by atoms with Gasteiger partial charge in [0.25, 0.3) is 0 Å². The van der Waals surface area contributed by atoms with Gasteiger partial charge >= 0.3 is 0 Å². The van der Waals surface area contributed by atoms with Crippen LogP contribution in [0.2, 0.25) is 0 Å². The van der Waals surface area contributed by atoms with Gasteiger partial charge in [0.05, 0.1) is 4.70 Å². The summed E-state index contributed by atoms with van der Waals surface area (Å²) >= 11 is 1.81. The van der Waals surface area contributed by atoms with Crippen molar-refractivity contribution >= 4 is 75.7 Å². The second-order valence-electron chi connectivity index (χ2n) is 12.0. The first-order valence-corrected chi connectivity index (χ1v) is 16.5. The first-order valence-electron chi connectivity index (χ1n) is 15.7. The molecule has 1 nitrogen and oxygen atoms in total. The lowest BCUT2D eigenvalue weighted by atomic mass is 9.84. The third-order valence-corrected chi connectivity index (χ3v) is 10.7. The standard InChI is InChI=1S/C44H26OS/c1-2-13-28(14-3-1)39-26-29-24-25-37-42-36(22-11-23-38(42)45-43(37)44(29)46-39)41-34-19-8-6-17-32(34)40(33-18-7-9-20-35(33)41)31-21-10-15-27-12-4-5-16-30(27)31/h1-26H. The fourth-order valence-electron chi connectivity index (χ4n) is 7.48. The molecule has 0 saturated carbocycles. The van der Waals surface area contributed by atoms with Gasteiger partial charge in [0.2, 0.25) is 0 Å². The molecule has 0 saturated heterocycles. The maximum atomic E-state index is 6.75. The van der Waals surface area contributed by atoms with E-state index in [1.165, 1.54) is 80.5 Å². The van der Waals surface area contributed by atoms with Gasteiger partial charge in [0, 0.05) is 15.6 Å². The van der Waals surface area contributed by atoms with Gasteiger partial charge in [-0.3, -0.25) is 0 Å². The minimum atomic E-state index is 0.918. The van der Waals surface area contributed by atoms with Crippen LogP contribution in [0.25, 0.3) is 97.0 Å². The molecule has 2 heterocycles. The Balaban J connectivity index is 1.31. The first-order chi connectivity index (χ1) is 22.8. The lowest BCUT2D eigenvalue weighted by Gasteiger charge is -2.19. The van der Waals surface area contributed by atoms with Gasteiger partial charge in [0.1, 0.15) is 5.58 Å². The number of rotatable bonds is 3.